The van der Waals surface area contributed by atoms with Crippen molar-refractivity contribution in [3.05, 3.63) is 40.2 Å². The van der Waals surface area contributed by atoms with E-state index in [1.165, 1.54) is 11.3 Å². The molecule has 3 aromatic heterocycles. The lowest BCUT2D eigenvalue weighted by Gasteiger charge is -2.30. The van der Waals surface area contributed by atoms with Crippen LogP contribution in [-0.4, -0.2) is 46.2 Å². The molecule has 9 nitrogen and oxygen atoms in total. The predicted molar refractivity (Wildman–Crippen MR) is 112 cm³/mol. The van der Waals surface area contributed by atoms with Gasteiger partial charge in [-0.25, -0.2) is 4.98 Å². The molecular formula is C20H24N6O3S. The standard InChI is InChI=1S/C20H24N6O3S/c1-13-5-6-14(8-21-13)16-12-30-18(23-16)9-22-19(27)15-4-3-7-26(10-15)20-24-17(11-28-2)25-29-20/h5-6,8,12,15H,3-4,7,9-11H2,1-2H3,(H,22,27)/t15-/m0/s1. The Morgan fingerprint density at radius 2 is 2.30 bits per heavy atom. The summed E-state index contributed by atoms with van der Waals surface area (Å²) in [6.07, 6.45) is 3.54. The Labute approximate surface area is 178 Å². The highest BCUT2D eigenvalue weighted by Crippen LogP contribution is 2.23. The number of nitrogens with zero attached hydrogens (tertiary/aromatic N) is 5. The third kappa shape index (κ3) is 4.82. The first-order valence-corrected chi connectivity index (χ1v) is 10.7. The van der Waals surface area contributed by atoms with E-state index in [1.807, 2.05) is 35.5 Å². The predicted octanol–water partition coefficient (Wildman–Crippen LogP) is 2.58. The highest BCUT2D eigenvalue weighted by atomic mass is 32.1. The highest BCUT2D eigenvalue weighted by molar-refractivity contribution is 7.09. The molecule has 0 aliphatic carbocycles. The van der Waals surface area contributed by atoms with Gasteiger partial charge in [0.1, 0.15) is 11.6 Å². The van der Waals surface area contributed by atoms with Crippen LogP contribution in [0.5, 0.6) is 0 Å². The van der Waals surface area contributed by atoms with Crippen molar-refractivity contribution in [2.75, 3.05) is 25.1 Å². The Balaban J connectivity index is 1.32. The van der Waals surface area contributed by atoms with E-state index >= 15 is 0 Å². The van der Waals surface area contributed by atoms with Gasteiger partial charge in [0.05, 0.1) is 18.2 Å². The highest BCUT2D eigenvalue weighted by Gasteiger charge is 2.28. The maximum atomic E-state index is 12.7. The lowest BCUT2D eigenvalue weighted by molar-refractivity contribution is -0.125. The first kappa shape index (κ1) is 20.4. The number of hydrogen-bond donors (Lipinski definition) is 1. The van der Waals surface area contributed by atoms with Crippen LogP contribution in [0.1, 0.15) is 29.4 Å². The van der Waals surface area contributed by atoms with Crippen molar-refractivity contribution in [3.8, 4) is 11.3 Å². The number of ether oxygens (including phenoxy) is 1. The van der Waals surface area contributed by atoms with Crippen LogP contribution >= 0.6 is 11.3 Å². The molecule has 1 aliphatic rings. The molecule has 0 saturated carbocycles. The van der Waals surface area contributed by atoms with E-state index < -0.39 is 0 Å². The van der Waals surface area contributed by atoms with Crippen LogP contribution < -0.4 is 10.2 Å². The van der Waals surface area contributed by atoms with E-state index in [9.17, 15) is 4.79 Å². The average molecular weight is 429 g/mol. The molecule has 1 amide bonds. The van der Waals surface area contributed by atoms with Crippen molar-refractivity contribution >= 4 is 23.3 Å². The number of thiazole rings is 1. The minimum absolute atomic E-state index is 0.0186. The van der Waals surface area contributed by atoms with Crippen LogP contribution in [0.3, 0.4) is 0 Å². The topological polar surface area (TPSA) is 106 Å². The van der Waals surface area contributed by atoms with Gasteiger partial charge in [-0.1, -0.05) is 5.16 Å². The maximum Gasteiger partial charge on any atom is 0.324 e. The third-order valence-electron chi connectivity index (χ3n) is 4.97. The van der Waals surface area contributed by atoms with E-state index in [0.717, 1.165) is 41.3 Å². The molecule has 0 aromatic carbocycles. The summed E-state index contributed by atoms with van der Waals surface area (Å²) >= 11 is 1.53. The fraction of sp³-hybridized carbons (Fsp3) is 0.450. The Morgan fingerprint density at radius 1 is 1.40 bits per heavy atom. The summed E-state index contributed by atoms with van der Waals surface area (Å²) in [6, 6.07) is 4.41. The number of carbonyl (C=O) groups is 1. The van der Waals surface area contributed by atoms with Gasteiger partial charge in [0, 0.05) is 43.0 Å². The zero-order valence-corrected chi connectivity index (χ0v) is 17.8. The summed E-state index contributed by atoms with van der Waals surface area (Å²) in [4.78, 5) is 27.9. The number of aromatic nitrogens is 4. The molecule has 0 bridgehead atoms. The van der Waals surface area contributed by atoms with Crippen LogP contribution in [0.25, 0.3) is 11.3 Å². The largest absolute Gasteiger partial charge is 0.377 e. The fourth-order valence-corrected chi connectivity index (χ4v) is 4.12. The van der Waals surface area contributed by atoms with Crippen molar-refractivity contribution in [1.29, 1.82) is 0 Å². The van der Waals surface area contributed by atoms with Gasteiger partial charge >= 0.3 is 6.01 Å². The number of methoxy groups -OCH3 is 1. The monoisotopic (exact) mass is 428 g/mol. The summed E-state index contributed by atoms with van der Waals surface area (Å²) in [7, 11) is 1.58. The zero-order chi connectivity index (χ0) is 20.9. The number of hydrogen-bond acceptors (Lipinski definition) is 9. The molecule has 1 saturated heterocycles. The van der Waals surface area contributed by atoms with E-state index in [4.69, 9.17) is 9.26 Å². The molecule has 1 N–H and O–H groups in total. The molecule has 4 rings (SSSR count). The summed E-state index contributed by atoms with van der Waals surface area (Å²) < 4.78 is 10.3. The second kappa shape index (κ2) is 9.31. The van der Waals surface area contributed by atoms with Gasteiger partial charge in [0.15, 0.2) is 5.82 Å². The van der Waals surface area contributed by atoms with Gasteiger partial charge in [0.2, 0.25) is 5.91 Å². The Morgan fingerprint density at radius 3 is 3.10 bits per heavy atom. The molecule has 1 atom stereocenters. The Bertz CT molecular complexity index is 987. The Hall–Kier alpha value is -2.85. The first-order chi connectivity index (χ1) is 14.6. The number of anilines is 1. The number of pyridine rings is 1. The molecule has 1 fully saturated rings. The van der Waals surface area contributed by atoms with Gasteiger partial charge in [-0.05, 0) is 31.9 Å². The molecule has 30 heavy (non-hydrogen) atoms. The van der Waals surface area contributed by atoms with Crippen LogP contribution in [0, 0.1) is 12.8 Å². The van der Waals surface area contributed by atoms with Crippen LogP contribution in [0.2, 0.25) is 0 Å². The van der Waals surface area contributed by atoms with Gasteiger partial charge in [0.25, 0.3) is 0 Å². The van der Waals surface area contributed by atoms with Crippen LogP contribution in [0.15, 0.2) is 28.2 Å². The van der Waals surface area contributed by atoms with Crippen LogP contribution in [0.4, 0.5) is 6.01 Å². The first-order valence-electron chi connectivity index (χ1n) is 9.84. The summed E-state index contributed by atoms with van der Waals surface area (Å²) in [5.74, 6) is 0.393. The fourth-order valence-electron chi connectivity index (χ4n) is 3.38. The summed E-state index contributed by atoms with van der Waals surface area (Å²) in [5, 5.41) is 9.77. The van der Waals surface area contributed by atoms with E-state index in [2.05, 4.69) is 25.4 Å². The van der Waals surface area contributed by atoms with Crippen LogP contribution in [-0.2, 0) is 22.7 Å². The number of carbonyl (C=O) groups excluding carboxylic acids is 1. The molecular weight excluding hydrogens is 404 g/mol. The summed E-state index contributed by atoms with van der Waals surface area (Å²) in [5.41, 5.74) is 2.83. The third-order valence-corrected chi connectivity index (χ3v) is 5.82. The molecule has 4 heterocycles. The number of rotatable bonds is 7. The summed E-state index contributed by atoms with van der Waals surface area (Å²) in [6.45, 7) is 4.01. The SMILES string of the molecule is COCc1noc(N2CCC[C@H](C(=O)NCc3nc(-c4ccc(C)nc4)cs3)C2)n1. The van der Waals surface area contributed by atoms with Crippen molar-refractivity contribution in [2.45, 2.75) is 32.9 Å². The van der Waals surface area contributed by atoms with Gasteiger partial charge in [-0.2, -0.15) is 4.98 Å². The maximum absolute atomic E-state index is 12.7. The van der Waals surface area contributed by atoms with E-state index in [0.29, 0.717) is 31.5 Å². The number of aryl methyl sites for hydroxylation is 1. The minimum atomic E-state index is -0.128. The van der Waals surface area contributed by atoms with Crippen molar-refractivity contribution in [2.24, 2.45) is 5.92 Å². The van der Waals surface area contributed by atoms with Crippen molar-refractivity contribution in [3.63, 3.8) is 0 Å². The smallest absolute Gasteiger partial charge is 0.324 e. The van der Waals surface area contributed by atoms with Crippen molar-refractivity contribution < 1.29 is 14.1 Å². The molecule has 3 aromatic rings. The van der Waals surface area contributed by atoms with Gasteiger partial charge < -0.3 is 19.5 Å². The average Bonchev–Trinajstić information content (AvgIpc) is 3.43. The number of piperidine rings is 1. The Kier molecular flexibility index (Phi) is 6.34. The zero-order valence-electron chi connectivity index (χ0n) is 17.0. The van der Waals surface area contributed by atoms with Crippen molar-refractivity contribution in [1.82, 2.24) is 25.4 Å². The number of nitrogens with one attached hydrogen (secondary N) is 1. The van der Waals surface area contributed by atoms with Gasteiger partial charge in [-0.15, -0.1) is 11.3 Å². The molecule has 158 valence electrons. The van der Waals surface area contributed by atoms with E-state index in [1.54, 1.807) is 7.11 Å². The quantitative estimate of drug-likeness (QED) is 0.612. The van der Waals surface area contributed by atoms with Gasteiger partial charge in [-0.3, -0.25) is 9.78 Å². The normalized spacial score (nSPS) is 16.6. The molecule has 1 aliphatic heterocycles. The van der Waals surface area contributed by atoms with E-state index in [-0.39, 0.29) is 11.8 Å². The second-order valence-electron chi connectivity index (χ2n) is 7.24. The number of amides is 1. The molecule has 0 spiro atoms. The minimum Gasteiger partial charge on any atom is -0.377 e. The molecule has 0 radical (unpaired) electrons. The lowest BCUT2D eigenvalue weighted by atomic mass is 9.97. The second-order valence-corrected chi connectivity index (χ2v) is 8.19. The molecule has 10 heteroatoms. The molecule has 0 unspecified atom stereocenters. The lowest BCUT2D eigenvalue weighted by Crippen LogP contribution is -2.43.